The second-order valence-electron chi connectivity index (χ2n) is 5.06. The van der Waals surface area contributed by atoms with Crippen LogP contribution < -0.4 is 10.6 Å². The quantitative estimate of drug-likeness (QED) is 0.732. The Bertz CT molecular complexity index is 688. The topological polar surface area (TPSA) is 61.4 Å². The van der Waals surface area contributed by atoms with Gasteiger partial charge in [0, 0.05) is 11.0 Å². The lowest BCUT2D eigenvalue weighted by molar-refractivity contribution is -0.118. The SMILES string of the molecule is O=C(Nc1cc(Br)ccc1O)C1Cc2ccccc2CN1. The lowest BCUT2D eigenvalue weighted by Gasteiger charge is -2.25. The molecule has 0 bridgehead atoms. The summed E-state index contributed by atoms with van der Waals surface area (Å²) < 4.78 is 0.803. The number of hydrogen-bond donors (Lipinski definition) is 3. The number of amides is 1. The van der Waals surface area contributed by atoms with Crippen molar-refractivity contribution in [2.75, 3.05) is 5.32 Å². The van der Waals surface area contributed by atoms with Crippen LogP contribution in [0.2, 0.25) is 0 Å². The average molecular weight is 347 g/mol. The van der Waals surface area contributed by atoms with E-state index in [1.807, 2.05) is 18.2 Å². The predicted octanol–water partition coefficient (Wildman–Crippen LogP) is 2.81. The summed E-state index contributed by atoms with van der Waals surface area (Å²) in [5, 5.41) is 15.8. The van der Waals surface area contributed by atoms with Crippen LogP contribution in [0.5, 0.6) is 5.75 Å². The maximum Gasteiger partial charge on any atom is 0.241 e. The Labute approximate surface area is 131 Å². The molecule has 1 heterocycles. The van der Waals surface area contributed by atoms with E-state index in [0.717, 1.165) is 4.47 Å². The van der Waals surface area contributed by atoms with Crippen molar-refractivity contribution in [2.45, 2.75) is 19.0 Å². The van der Waals surface area contributed by atoms with E-state index in [-0.39, 0.29) is 17.7 Å². The molecule has 0 aliphatic carbocycles. The first-order chi connectivity index (χ1) is 10.1. The Kier molecular flexibility index (Phi) is 3.94. The van der Waals surface area contributed by atoms with Crippen LogP contribution in [-0.2, 0) is 17.8 Å². The third-order valence-electron chi connectivity index (χ3n) is 3.61. The molecule has 0 aromatic heterocycles. The minimum absolute atomic E-state index is 0.0581. The first-order valence-corrected chi connectivity index (χ1v) is 7.52. The number of rotatable bonds is 2. The highest BCUT2D eigenvalue weighted by molar-refractivity contribution is 9.10. The van der Waals surface area contributed by atoms with E-state index < -0.39 is 0 Å². The van der Waals surface area contributed by atoms with Crippen molar-refractivity contribution < 1.29 is 9.90 Å². The molecule has 1 unspecified atom stereocenters. The smallest absolute Gasteiger partial charge is 0.241 e. The highest BCUT2D eigenvalue weighted by atomic mass is 79.9. The zero-order chi connectivity index (χ0) is 14.8. The first kappa shape index (κ1) is 14.1. The summed E-state index contributed by atoms with van der Waals surface area (Å²) in [5.74, 6) is -0.0827. The lowest BCUT2D eigenvalue weighted by Crippen LogP contribution is -2.44. The molecule has 108 valence electrons. The fraction of sp³-hybridized carbons (Fsp3) is 0.188. The number of anilines is 1. The largest absolute Gasteiger partial charge is 0.506 e. The molecule has 1 aliphatic rings. The summed E-state index contributed by atoms with van der Waals surface area (Å²) >= 11 is 3.33. The van der Waals surface area contributed by atoms with Crippen molar-refractivity contribution in [3.8, 4) is 5.75 Å². The monoisotopic (exact) mass is 346 g/mol. The number of phenolic OH excluding ortho intramolecular Hbond substituents is 1. The molecule has 0 saturated heterocycles. The van der Waals surface area contributed by atoms with Gasteiger partial charge in [0.1, 0.15) is 5.75 Å². The number of benzene rings is 2. The minimum atomic E-state index is -0.293. The van der Waals surface area contributed by atoms with Gasteiger partial charge in [0.05, 0.1) is 11.7 Å². The molecular formula is C16H15BrN2O2. The predicted molar refractivity (Wildman–Crippen MR) is 85.2 cm³/mol. The molecule has 1 atom stereocenters. The average Bonchev–Trinajstić information content (AvgIpc) is 2.50. The third-order valence-corrected chi connectivity index (χ3v) is 4.11. The van der Waals surface area contributed by atoms with Crippen LogP contribution in [0, 0.1) is 0 Å². The van der Waals surface area contributed by atoms with Crippen LogP contribution in [0.15, 0.2) is 46.9 Å². The summed E-state index contributed by atoms with van der Waals surface area (Å²) in [4.78, 5) is 12.3. The molecule has 5 heteroatoms. The molecule has 3 N–H and O–H groups in total. The molecule has 4 nitrogen and oxygen atoms in total. The maximum absolute atomic E-state index is 12.3. The molecule has 21 heavy (non-hydrogen) atoms. The highest BCUT2D eigenvalue weighted by Crippen LogP contribution is 2.27. The van der Waals surface area contributed by atoms with Gasteiger partial charge in [-0.1, -0.05) is 40.2 Å². The minimum Gasteiger partial charge on any atom is -0.506 e. The van der Waals surface area contributed by atoms with Crippen molar-refractivity contribution in [1.82, 2.24) is 5.32 Å². The van der Waals surface area contributed by atoms with Crippen LogP contribution in [0.4, 0.5) is 5.69 Å². The van der Waals surface area contributed by atoms with Gasteiger partial charge in [-0.25, -0.2) is 0 Å². The number of nitrogens with one attached hydrogen (secondary N) is 2. The van der Waals surface area contributed by atoms with Gasteiger partial charge in [-0.05, 0) is 35.7 Å². The normalized spacial score (nSPS) is 17.1. The molecule has 0 radical (unpaired) electrons. The van der Waals surface area contributed by atoms with E-state index in [4.69, 9.17) is 0 Å². The molecule has 1 aliphatic heterocycles. The summed E-state index contributed by atoms with van der Waals surface area (Å²) in [6.45, 7) is 0.679. The highest BCUT2D eigenvalue weighted by Gasteiger charge is 2.24. The molecule has 1 amide bonds. The number of phenols is 1. The Hall–Kier alpha value is -1.85. The van der Waals surface area contributed by atoms with Crippen LogP contribution in [0.1, 0.15) is 11.1 Å². The molecule has 3 rings (SSSR count). The number of fused-ring (bicyclic) bond motifs is 1. The van der Waals surface area contributed by atoms with Crippen LogP contribution in [0.25, 0.3) is 0 Å². The fourth-order valence-electron chi connectivity index (χ4n) is 2.47. The van der Waals surface area contributed by atoms with Crippen molar-refractivity contribution in [2.24, 2.45) is 0 Å². The molecule has 2 aromatic rings. The van der Waals surface area contributed by atoms with E-state index >= 15 is 0 Å². The van der Waals surface area contributed by atoms with Crippen molar-refractivity contribution in [3.05, 3.63) is 58.1 Å². The molecule has 2 aromatic carbocycles. The summed E-state index contributed by atoms with van der Waals surface area (Å²) in [7, 11) is 0. The standard InChI is InChI=1S/C16H15BrN2O2/c17-12-5-6-15(20)13(8-12)19-16(21)14-7-10-3-1-2-4-11(10)9-18-14/h1-6,8,14,18,20H,7,9H2,(H,19,21). The van der Waals surface area contributed by atoms with Gasteiger partial charge in [0.2, 0.25) is 5.91 Å². The summed E-state index contributed by atoms with van der Waals surface area (Å²) in [5.41, 5.74) is 2.83. The number of aromatic hydroxyl groups is 1. The van der Waals surface area contributed by atoms with Crippen molar-refractivity contribution >= 4 is 27.5 Å². The summed E-state index contributed by atoms with van der Waals surface area (Å²) in [6, 6.07) is 12.8. The van der Waals surface area contributed by atoms with Crippen molar-refractivity contribution in [1.29, 1.82) is 0 Å². The van der Waals surface area contributed by atoms with E-state index in [1.165, 1.54) is 11.1 Å². The van der Waals surface area contributed by atoms with Gasteiger partial charge in [-0.15, -0.1) is 0 Å². The third kappa shape index (κ3) is 3.09. The van der Waals surface area contributed by atoms with Gasteiger partial charge >= 0.3 is 0 Å². The second-order valence-corrected chi connectivity index (χ2v) is 5.97. The van der Waals surface area contributed by atoms with Gasteiger partial charge in [0.15, 0.2) is 0 Å². The molecule has 0 saturated carbocycles. The van der Waals surface area contributed by atoms with Crippen LogP contribution in [-0.4, -0.2) is 17.1 Å². The Balaban J connectivity index is 1.74. The second kappa shape index (κ2) is 5.87. The zero-order valence-electron chi connectivity index (χ0n) is 11.3. The maximum atomic E-state index is 12.3. The lowest BCUT2D eigenvalue weighted by atomic mass is 9.95. The summed E-state index contributed by atoms with van der Waals surface area (Å²) in [6.07, 6.45) is 0.650. The van der Waals surface area contributed by atoms with Crippen LogP contribution in [0.3, 0.4) is 0 Å². The van der Waals surface area contributed by atoms with E-state index in [2.05, 4.69) is 32.6 Å². The van der Waals surface area contributed by atoms with E-state index in [9.17, 15) is 9.90 Å². The van der Waals surface area contributed by atoms with Crippen molar-refractivity contribution in [3.63, 3.8) is 0 Å². The number of halogens is 1. The van der Waals surface area contributed by atoms with Gasteiger partial charge < -0.3 is 15.7 Å². The number of carbonyl (C=O) groups is 1. The van der Waals surface area contributed by atoms with Crippen LogP contribution >= 0.6 is 15.9 Å². The molecule has 0 spiro atoms. The van der Waals surface area contributed by atoms with E-state index in [1.54, 1.807) is 18.2 Å². The van der Waals surface area contributed by atoms with E-state index in [0.29, 0.717) is 18.7 Å². The fourth-order valence-corrected chi connectivity index (χ4v) is 2.83. The Morgan fingerprint density at radius 2 is 2.00 bits per heavy atom. The van der Waals surface area contributed by atoms with Gasteiger partial charge in [-0.2, -0.15) is 0 Å². The first-order valence-electron chi connectivity index (χ1n) is 6.73. The Morgan fingerprint density at radius 3 is 2.81 bits per heavy atom. The number of carbonyl (C=O) groups excluding carboxylic acids is 1. The number of hydrogen-bond acceptors (Lipinski definition) is 3. The zero-order valence-corrected chi connectivity index (χ0v) is 12.9. The Morgan fingerprint density at radius 1 is 1.24 bits per heavy atom. The molecular weight excluding hydrogens is 332 g/mol. The van der Waals surface area contributed by atoms with Gasteiger partial charge in [0.25, 0.3) is 0 Å². The molecule has 0 fully saturated rings. The van der Waals surface area contributed by atoms with Gasteiger partial charge in [-0.3, -0.25) is 4.79 Å².